The Morgan fingerprint density at radius 3 is 2.90 bits per heavy atom. The Kier molecular flexibility index (Phi) is 2.88. The molecule has 0 aliphatic carbocycles. The lowest BCUT2D eigenvalue weighted by atomic mass is 9.89. The first-order valence-electron chi connectivity index (χ1n) is 5.91. The van der Waals surface area contributed by atoms with Crippen LogP contribution in [0.3, 0.4) is 0 Å². The van der Waals surface area contributed by atoms with Gasteiger partial charge in [0, 0.05) is 16.3 Å². The molecule has 0 saturated carbocycles. The SMILES string of the molecule is O=C(C[C@@]1(O)C(=O)Nc2ccc(Cl)cc21)c1ccco1. The molecule has 0 spiro atoms. The molecule has 1 aromatic carbocycles. The average Bonchev–Trinajstić information content (AvgIpc) is 3.00. The van der Waals surface area contributed by atoms with Crippen LogP contribution in [0, 0.1) is 0 Å². The summed E-state index contributed by atoms with van der Waals surface area (Å²) in [6, 6.07) is 7.71. The van der Waals surface area contributed by atoms with Crippen LogP contribution < -0.4 is 5.32 Å². The quantitative estimate of drug-likeness (QED) is 0.851. The third-order valence-electron chi connectivity index (χ3n) is 3.26. The zero-order valence-corrected chi connectivity index (χ0v) is 11.0. The van der Waals surface area contributed by atoms with Gasteiger partial charge in [0.1, 0.15) is 0 Å². The van der Waals surface area contributed by atoms with Crippen LogP contribution in [0.5, 0.6) is 0 Å². The number of hydrogen-bond acceptors (Lipinski definition) is 4. The molecule has 102 valence electrons. The summed E-state index contributed by atoms with van der Waals surface area (Å²) >= 11 is 5.88. The molecule has 1 aliphatic heterocycles. The van der Waals surface area contributed by atoms with Crippen LogP contribution in [-0.4, -0.2) is 16.8 Å². The summed E-state index contributed by atoms with van der Waals surface area (Å²) in [7, 11) is 0. The number of amides is 1. The Morgan fingerprint density at radius 2 is 2.20 bits per heavy atom. The Balaban J connectivity index is 1.98. The van der Waals surface area contributed by atoms with E-state index in [9.17, 15) is 14.7 Å². The molecular formula is C14H10ClNO4. The molecule has 1 amide bonds. The zero-order valence-electron chi connectivity index (χ0n) is 10.2. The third kappa shape index (κ3) is 1.92. The summed E-state index contributed by atoms with van der Waals surface area (Å²) in [5.74, 6) is -1.00. The predicted octanol–water partition coefficient (Wildman–Crippen LogP) is 2.35. The molecule has 1 aromatic heterocycles. The minimum absolute atomic E-state index is 0.0988. The fourth-order valence-corrected chi connectivity index (χ4v) is 2.42. The number of Topliss-reactive ketones (excluding diaryl/α,β-unsaturated/α-hetero) is 1. The van der Waals surface area contributed by atoms with E-state index in [1.54, 1.807) is 18.2 Å². The van der Waals surface area contributed by atoms with E-state index in [2.05, 4.69) is 5.32 Å². The number of carbonyl (C=O) groups is 2. The van der Waals surface area contributed by atoms with E-state index >= 15 is 0 Å². The van der Waals surface area contributed by atoms with Crippen molar-refractivity contribution in [2.24, 2.45) is 0 Å². The molecule has 1 aliphatic rings. The van der Waals surface area contributed by atoms with Crippen LogP contribution in [0.4, 0.5) is 5.69 Å². The monoisotopic (exact) mass is 291 g/mol. The van der Waals surface area contributed by atoms with Crippen LogP contribution >= 0.6 is 11.6 Å². The van der Waals surface area contributed by atoms with Gasteiger partial charge < -0.3 is 14.8 Å². The minimum atomic E-state index is -1.93. The number of rotatable bonds is 3. The van der Waals surface area contributed by atoms with Crippen molar-refractivity contribution in [3.8, 4) is 0 Å². The number of hydrogen-bond donors (Lipinski definition) is 2. The van der Waals surface area contributed by atoms with E-state index in [0.717, 1.165) is 0 Å². The first kappa shape index (κ1) is 12.9. The number of anilines is 1. The molecule has 2 N–H and O–H groups in total. The first-order valence-corrected chi connectivity index (χ1v) is 6.29. The maximum Gasteiger partial charge on any atom is 0.261 e. The molecule has 0 fully saturated rings. The Bertz CT molecular complexity index is 695. The van der Waals surface area contributed by atoms with Crippen LogP contribution in [0.25, 0.3) is 0 Å². The fourth-order valence-electron chi connectivity index (χ4n) is 2.25. The number of halogens is 1. The summed E-state index contributed by atoms with van der Waals surface area (Å²) in [4.78, 5) is 24.0. The smallest absolute Gasteiger partial charge is 0.261 e. The largest absolute Gasteiger partial charge is 0.461 e. The summed E-state index contributed by atoms with van der Waals surface area (Å²) in [6.07, 6.45) is 0.955. The topological polar surface area (TPSA) is 79.5 Å². The lowest BCUT2D eigenvalue weighted by Gasteiger charge is -2.19. The second-order valence-corrected chi connectivity index (χ2v) is 5.02. The van der Waals surface area contributed by atoms with Crippen LogP contribution in [0.15, 0.2) is 41.0 Å². The third-order valence-corrected chi connectivity index (χ3v) is 3.50. The van der Waals surface area contributed by atoms with Gasteiger partial charge >= 0.3 is 0 Å². The number of ketones is 1. The molecule has 6 heteroatoms. The molecule has 0 unspecified atom stereocenters. The normalized spacial score (nSPS) is 20.6. The second-order valence-electron chi connectivity index (χ2n) is 4.58. The molecule has 2 aromatic rings. The van der Waals surface area contributed by atoms with Crippen LogP contribution in [-0.2, 0) is 10.4 Å². The van der Waals surface area contributed by atoms with Gasteiger partial charge in [0.2, 0.25) is 5.78 Å². The minimum Gasteiger partial charge on any atom is -0.461 e. The van der Waals surface area contributed by atoms with Gasteiger partial charge in [0.15, 0.2) is 11.4 Å². The summed E-state index contributed by atoms with van der Waals surface area (Å²) in [5.41, 5.74) is -1.17. The standard InChI is InChI=1S/C14H10ClNO4/c15-8-3-4-10-9(6-8)14(19,13(18)16-10)7-11(17)12-2-1-5-20-12/h1-6,19H,7H2,(H,16,18)/t14-/m0/s1. The van der Waals surface area contributed by atoms with Gasteiger partial charge in [-0.1, -0.05) is 11.6 Å². The summed E-state index contributed by atoms with van der Waals surface area (Å²) in [5, 5.41) is 13.5. The number of aliphatic hydroxyl groups is 1. The van der Waals surface area contributed by atoms with Crippen molar-refractivity contribution in [1.29, 1.82) is 0 Å². The Labute approximate surface area is 119 Å². The van der Waals surface area contributed by atoms with E-state index in [1.807, 2.05) is 0 Å². The number of carbonyl (C=O) groups excluding carboxylic acids is 2. The molecule has 1 atom stereocenters. The van der Waals surface area contributed by atoms with E-state index < -0.39 is 23.7 Å². The molecule has 2 heterocycles. The number of nitrogens with one attached hydrogen (secondary N) is 1. The molecule has 0 radical (unpaired) electrons. The highest BCUT2D eigenvalue weighted by Gasteiger charge is 2.47. The van der Waals surface area contributed by atoms with Gasteiger partial charge in [-0.25, -0.2) is 0 Å². The lowest BCUT2D eigenvalue weighted by molar-refractivity contribution is -0.133. The van der Waals surface area contributed by atoms with Crippen LogP contribution in [0.1, 0.15) is 22.5 Å². The maximum atomic E-state index is 12.0. The Morgan fingerprint density at radius 1 is 1.40 bits per heavy atom. The van der Waals surface area contributed by atoms with Gasteiger partial charge in [-0.2, -0.15) is 0 Å². The van der Waals surface area contributed by atoms with Gasteiger partial charge in [-0.05, 0) is 30.3 Å². The van der Waals surface area contributed by atoms with Crippen molar-refractivity contribution >= 4 is 29.0 Å². The second kappa shape index (κ2) is 4.47. The molecule has 3 rings (SSSR count). The molecule has 0 saturated heterocycles. The van der Waals surface area contributed by atoms with Crippen molar-refractivity contribution in [3.05, 3.63) is 52.9 Å². The van der Waals surface area contributed by atoms with Gasteiger partial charge in [-0.15, -0.1) is 0 Å². The first-order chi connectivity index (χ1) is 9.50. The van der Waals surface area contributed by atoms with Gasteiger partial charge in [0.25, 0.3) is 5.91 Å². The fraction of sp³-hybridized carbons (Fsp3) is 0.143. The van der Waals surface area contributed by atoms with Gasteiger partial charge in [0.05, 0.1) is 12.7 Å². The van der Waals surface area contributed by atoms with Crippen molar-refractivity contribution in [2.45, 2.75) is 12.0 Å². The highest BCUT2D eigenvalue weighted by Crippen LogP contribution is 2.40. The van der Waals surface area contributed by atoms with Crippen molar-refractivity contribution < 1.29 is 19.1 Å². The zero-order chi connectivity index (χ0) is 14.3. The Hall–Kier alpha value is -2.11. The van der Waals surface area contributed by atoms with Crippen molar-refractivity contribution in [3.63, 3.8) is 0 Å². The lowest BCUT2D eigenvalue weighted by Crippen LogP contribution is -2.36. The van der Waals surface area contributed by atoms with E-state index in [1.165, 1.54) is 18.4 Å². The van der Waals surface area contributed by atoms with Gasteiger partial charge in [-0.3, -0.25) is 9.59 Å². The van der Waals surface area contributed by atoms with Crippen LogP contribution in [0.2, 0.25) is 5.02 Å². The highest BCUT2D eigenvalue weighted by molar-refractivity contribution is 6.31. The molecular weight excluding hydrogens is 282 g/mol. The van der Waals surface area contributed by atoms with E-state index in [-0.39, 0.29) is 5.76 Å². The van der Waals surface area contributed by atoms with Crippen molar-refractivity contribution in [2.75, 3.05) is 5.32 Å². The molecule has 5 nitrogen and oxygen atoms in total. The number of furan rings is 1. The average molecular weight is 292 g/mol. The molecule has 0 bridgehead atoms. The highest BCUT2D eigenvalue weighted by atomic mass is 35.5. The van der Waals surface area contributed by atoms with E-state index in [4.69, 9.17) is 16.0 Å². The summed E-state index contributed by atoms with van der Waals surface area (Å²) < 4.78 is 4.98. The number of fused-ring (bicyclic) bond motifs is 1. The summed E-state index contributed by atoms with van der Waals surface area (Å²) in [6.45, 7) is 0. The number of benzene rings is 1. The van der Waals surface area contributed by atoms with Crippen molar-refractivity contribution in [1.82, 2.24) is 0 Å². The maximum absolute atomic E-state index is 12.0. The van der Waals surface area contributed by atoms with E-state index in [0.29, 0.717) is 16.3 Å². The molecule has 20 heavy (non-hydrogen) atoms. The predicted molar refractivity (Wildman–Crippen MR) is 71.6 cm³/mol.